The largest absolute Gasteiger partial charge is 0.479 e. The molecule has 0 aromatic heterocycles. The molecule has 1 aromatic carbocycles. The van der Waals surface area contributed by atoms with E-state index in [2.05, 4.69) is 0 Å². The summed E-state index contributed by atoms with van der Waals surface area (Å²) in [6, 6.07) is 5.47. The van der Waals surface area contributed by atoms with Crippen LogP contribution in [0.5, 0.6) is 5.75 Å². The third-order valence-electron chi connectivity index (χ3n) is 3.32. The minimum Gasteiger partial charge on any atom is -0.479 e. The molecule has 1 unspecified atom stereocenters. The van der Waals surface area contributed by atoms with E-state index in [9.17, 15) is 9.90 Å². The molecule has 4 heteroatoms. The van der Waals surface area contributed by atoms with Crippen LogP contribution in [0.3, 0.4) is 0 Å². The fourth-order valence-electron chi connectivity index (χ4n) is 2.30. The van der Waals surface area contributed by atoms with Crippen LogP contribution in [0.25, 0.3) is 0 Å². The van der Waals surface area contributed by atoms with Crippen LogP contribution < -0.4 is 4.74 Å². The molecule has 0 bridgehead atoms. The van der Waals surface area contributed by atoms with E-state index in [1.807, 2.05) is 6.07 Å². The number of rotatable bonds is 4. The number of carboxylic acids is 1. The van der Waals surface area contributed by atoms with Crippen molar-refractivity contribution in [2.24, 2.45) is 0 Å². The monoisotopic (exact) mass is 250 g/mol. The van der Waals surface area contributed by atoms with Crippen molar-refractivity contribution in [3.05, 3.63) is 29.3 Å². The number of aliphatic carboxylic acids is 1. The first-order valence-corrected chi connectivity index (χ1v) is 6.32. The van der Waals surface area contributed by atoms with Crippen molar-refractivity contribution in [1.29, 1.82) is 0 Å². The molecule has 2 N–H and O–H groups in total. The van der Waals surface area contributed by atoms with Crippen LogP contribution in [0.2, 0.25) is 0 Å². The molecule has 2 rings (SSSR count). The number of aliphatic hydroxyl groups excluding tert-OH is 1. The molecule has 1 aliphatic rings. The van der Waals surface area contributed by atoms with E-state index in [1.54, 1.807) is 19.1 Å². The van der Waals surface area contributed by atoms with Crippen molar-refractivity contribution in [1.82, 2.24) is 0 Å². The molecule has 18 heavy (non-hydrogen) atoms. The maximum atomic E-state index is 10.9. The minimum atomic E-state index is -0.962. The molecular weight excluding hydrogens is 232 g/mol. The number of benzene rings is 1. The predicted octanol–water partition coefficient (Wildman–Crippen LogP) is 2.30. The molecular formula is C14H18O4. The van der Waals surface area contributed by atoms with Crippen LogP contribution in [0.15, 0.2) is 18.2 Å². The highest BCUT2D eigenvalue weighted by Gasteiger charge is 2.21. The molecule has 0 radical (unpaired) electrons. The molecule has 0 spiro atoms. The van der Waals surface area contributed by atoms with Crippen LogP contribution in [-0.4, -0.2) is 22.3 Å². The Balaban J connectivity index is 2.20. The van der Waals surface area contributed by atoms with Gasteiger partial charge in [-0.25, -0.2) is 4.79 Å². The lowest BCUT2D eigenvalue weighted by Crippen LogP contribution is -2.26. The average Bonchev–Trinajstić information content (AvgIpc) is 2.36. The quantitative estimate of drug-likeness (QED) is 0.860. The fourth-order valence-corrected chi connectivity index (χ4v) is 2.30. The molecule has 0 fully saturated rings. The van der Waals surface area contributed by atoms with Crippen molar-refractivity contribution >= 4 is 5.97 Å². The zero-order valence-corrected chi connectivity index (χ0v) is 10.4. The highest BCUT2D eigenvalue weighted by molar-refractivity contribution is 5.72. The van der Waals surface area contributed by atoms with Crippen LogP contribution in [0.1, 0.15) is 43.4 Å². The van der Waals surface area contributed by atoms with Gasteiger partial charge in [-0.05, 0) is 48.9 Å². The highest BCUT2D eigenvalue weighted by Crippen LogP contribution is 2.32. The van der Waals surface area contributed by atoms with Gasteiger partial charge >= 0.3 is 5.97 Å². The first-order chi connectivity index (χ1) is 8.61. The zero-order chi connectivity index (χ0) is 13.1. The second kappa shape index (κ2) is 5.40. The molecule has 4 nitrogen and oxygen atoms in total. The first kappa shape index (κ1) is 12.9. The SMILES string of the molecule is CCC(Oc1ccc2c(c1)[C@@H](O)CCC2)C(=O)O. The Kier molecular flexibility index (Phi) is 3.87. The van der Waals surface area contributed by atoms with Gasteiger partial charge in [0.25, 0.3) is 0 Å². The van der Waals surface area contributed by atoms with Crippen molar-refractivity contribution in [2.45, 2.75) is 44.8 Å². The summed E-state index contributed by atoms with van der Waals surface area (Å²) in [5, 5.41) is 18.9. The minimum absolute atomic E-state index is 0.412. The Morgan fingerprint density at radius 2 is 2.33 bits per heavy atom. The number of carbonyl (C=O) groups is 1. The van der Waals surface area contributed by atoms with E-state index in [0.717, 1.165) is 30.4 Å². The third kappa shape index (κ3) is 2.64. The van der Waals surface area contributed by atoms with Crippen LogP contribution in [-0.2, 0) is 11.2 Å². The number of aliphatic hydroxyl groups is 1. The number of carboxylic acid groups (broad SMARTS) is 1. The summed E-state index contributed by atoms with van der Waals surface area (Å²) in [5.74, 6) is -0.445. The topological polar surface area (TPSA) is 66.8 Å². The maximum absolute atomic E-state index is 10.9. The van der Waals surface area contributed by atoms with E-state index >= 15 is 0 Å². The van der Waals surface area contributed by atoms with Gasteiger partial charge in [0.1, 0.15) is 5.75 Å². The van der Waals surface area contributed by atoms with E-state index in [-0.39, 0.29) is 0 Å². The van der Waals surface area contributed by atoms with E-state index in [4.69, 9.17) is 9.84 Å². The summed E-state index contributed by atoms with van der Waals surface area (Å²) in [7, 11) is 0. The number of fused-ring (bicyclic) bond motifs is 1. The fraction of sp³-hybridized carbons (Fsp3) is 0.500. The maximum Gasteiger partial charge on any atom is 0.344 e. The average molecular weight is 250 g/mol. The lowest BCUT2D eigenvalue weighted by molar-refractivity contribution is -0.145. The molecule has 98 valence electrons. The number of hydrogen-bond donors (Lipinski definition) is 2. The van der Waals surface area contributed by atoms with Crippen molar-refractivity contribution in [2.75, 3.05) is 0 Å². The van der Waals surface area contributed by atoms with Crippen molar-refractivity contribution in [3.8, 4) is 5.75 Å². The highest BCUT2D eigenvalue weighted by atomic mass is 16.5. The lowest BCUT2D eigenvalue weighted by Gasteiger charge is -2.22. The molecule has 1 aliphatic carbocycles. The smallest absolute Gasteiger partial charge is 0.344 e. The Bertz CT molecular complexity index is 441. The van der Waals surface area contributed by atoms with Gasteiger partial charge in [-0.15, -0.1) is 0 Å². The lowest BCUT2D eigenvalue weighted by atomic mass is 9.89. The van der Waals surface area contributed by atoms with E-state index < -0.39 is 18.2 Å². The second-order valence-corrected chi connectivity index (χ2v) is 4.62. The zero-order valence-electron chi connectivity index (χ0n) is 10.4. The van der Waals surface area contributed by atoms with Gasteiger partial charge in [-0.1, -0.05) is 13.0 Å². The van der Waals surface area contributed by atoms with Gasteiger partial charge < -0.3 is 14.9 Å². The Morgan fingerprint density at radius 3 is 3.00 bits per heavy atom. The Labute approximate surface area is 106 Å². The van der Waals surface area contributed by atoms with Gasteiger partial charge in [-0.3, -0.25) is 0 Å². The molecule has 0 aliphatic heterocycles. The molecule has 0 saturated carbocycles. The molecule has 0 heterocycles. The molecule has 1 aromatic rings. The number of hydrogen-bond acceptors (Lipinski definition) is 3. The van der Waals surface area contributed by atoms with Crippen molar-refractivity contribution in [3.63, 3.8) is 0 Å². The first-order valence-electron chi connectivity index (χ1n) is 6.32. The Hall–Kier alpha value is -1.55. The van der Waals surface area contributed by atoms with E-state index in [0.29, 0.717) is 12.2 Å². The number of aryl methyl sites for hydroxylation is 1. The predicted molar refractivity (Wildman–Crippen MR) is 66.7 cm³/mol. The molecule has 0 amide bonds. The summed E-state index contributed by atoms with van der Waals surface area (Å²) >= 11 is 0. The summed E-state index contributed by atoms with van der Waals surface area (Å²) < 4.78 is 5.43. The van der Waals surface area contributed by atoms with Crippen molar-refractivity contribution < 1.29 is 19.7 Å². The van der Waals surface area contributed by atoms with Gasteiger partial charge in [0.15, 0.2) is 6.10 Å². The van der Waals surface area contributed by atoms with Crippen LogP contribution >= 0.6 is 0 Å². The van der Waals surface area contributed by atoms with Crippen LogP contribution in [0.4, 0.5) is 0 Å². The Morgan fingerprint density at radius 1 is 1.56 bits per heavy atom. The summed E-state index contributed by atoms with van der Waals surface area (Å²) in [5.41, 5.74) is 2.00. The normalized spacial score (nSPS) is 20.0. The number of ether oxygens (including phenoxy) is 1. The van der Waals surface area contributed by atoms with Gasteiger partial charge in [0.05, 0.1) is 6.10 Å². The third-order valence-corrected chi connectivity index (χ3v) is 3.32. The standard InChI is InChI=1S/C14H18O4/c1-2-13(14(16)17)18-10-7-6-9-4-3-5-12(15)11(9)8-10/h6-8,12-13,15H,2-5H2,1H3,(H,16,17)/t12-,13?/m0/s1. The summed E-state index contributed by atoms with van der Waals surface area (Å²) in [6.07, 6.45) is 1.83. The van der Waals surface area contributed by atoms with Gasteiger partial charge in [0, 0.05) is 0 Å². The molecule has 2 atom stereocenters. The van der Waals surface area contributed by atoms with E-state index in [1.165, 1.54) is 0 Å². The summed E-state index contributed by atoms with van der Waals surface area (Å²) in [6.45, 7) is 1.77. The van der Waals surface area contributed by atoms with Gasteiger partial charge in [-0.2, -0.15) is 0 Å². The second-order valence-electron chi connectivity index (χ2n) is 4.62. The van der Waals surface area contributed by atoms with Gasteiger partial charge in [0.2, 0.25) is 0 Å². The molecule has 0 saturated heterocycles. The van der Waals surface area contributed by atoms with Crippen LogP contribution in [0, 0.1) is 0 Å². The summed E-state index contributed by atoms with van der Waals surface area (Å²) in [4.78, 5) is 10.9.